The number of imide groups is 2. The molecule has 0 aromatic heterocycles. The number of hydrogen-bond donors (Lipinski definition) is 3. The molecule has 2 atom stereocenters. The van der Waals surface area contributed by atoms with Crippen LogP contribution < -0.4 is 10.6 Å². The van der Waals surface area contributed by atoms with Crippen molar-refractivity contribution in [2.45, 2.75) is 45.8 Å². The second-order valence-corrected chi connectivity index (χ2v) is 8.86. The predicted molar refractivity (Wildman–Crippen MR) is 115 cm³/mol. The zero-order chi connectivity index (χ0) is 24.3. The van der Waals surface area contributed by atoms with E-state index < -0.39 is 41.9 Å². The van der Waals surface area contributed by atoms with Crippen molar-refractivity contribution in [1.82, 2.24) is 15.5 Å². The van der Waals surface area contributed by atoms with Crippen molar-refractivity contribution in [3.8, 4) is 11.8 Å². The van der Waals surface area contributed by atoms with Crippen LogP contribution in [-0.2, 0) is 14.3 Å². The van der Waals surface area contributed by atoms with Crippen LogP contribution in [0, 0.1) is 17.3 Å². The van der Waals surface area contributed by atoms with E-state index >= 15 is 0 Å². The standard InChI is InChI=1S/C23H25N3O7/c1-23(2,3)17(12-24-22(31)32)33-10-4-5-13-6-7-14-15(11-13)21(30)26(20(14)29)16-8-9-18(27)25-19(16)28/h6-7,11,16-17,24H,8-10,12H2,1-3H3,(H,31,32)(H,25,27,28). The van der Waals surface area contributed by atoms with Crippen LogP contribution in [0.2, 0.25) is 0 Å². The van der Waals surface area contributed by atoms with Gasteiger partial charge >= 0.3 is 6.09 Å². The maximum atomic E-state index is 12.9. The van der Waals surface area contributed by atoms with Crippen LogP contribution in [0.15, 0.2) is 18.2 Å². The van der Waals surface area contributed by atoms with Crippen molar-refractivity contribution < 1.29 is 33.8 Å². The quantitative estimate of drug-likeness (QED) is 0.446. The normalized spacial score (nSPS) is 18.9. The highest BCUT2D eigenvalue weighted by Crippen LogP contribution is 2.28. The van der Waals surface area contributed by atoms with E-state index in [9.17, 15) is 24.0 Å². The van der Waals surface area contributed by atoms with Crippen molar-refractivity contribution in [3.63, 3.8) is 0 Å². The number of fused-ring (bicyclic) bond motifs is 1. The number of piperidine rings is 1. The van der Waals surface area contributed by atoms with Gasteiger partial charge in [-0.05, 0) is 30.0 Å². The van der Waals surface area contributed by atoms with Gasteiger partial charge in [-0.1, -0.05) is 32.6 Å². The summed E-state index contributed by atoms with van der Waals surface area (Å²) in [7, 11) is 0. The lowest BCUT2D eigenvalue weighted by atomic mass is 9.89. The number of carbonyl (C=O) groups excluding carboxylic acids is 4. The van der Waals surface area contributed by atoms with E-state index in [-0.39, 0.29) is 42.5 Å². The molecule has 1 aromatic carbocycles. The van der Waals surface area contributed by atoms with Gasteiger partial charge in [-0.2, -0.15) is 0 Å². The number of hydrogen-bond acceptors (Lipinski definition) is 6. The molecule has 0 radical (unpaired) electrons. The summed E-state index contributed by atoms with van der Waals surface area (Å²) in [5, 5.41) is 13.3. The highest BCUT2D eigenvalue weighted by Gasteiger charge is 2.44. The highest BCUT2D eigenvalue weighted by atomic mass is 16.5. The first kappa shape index (κ1) is 23.9. The molecule has 3 N–H and O–H groups in total. The molecule has 33 heavy (non-hydrogen) atoms. The van der Waals surface area contributed by atoms with Gasteiger partial charge in [-0.15, -0.1) is 0 Å². The van der Waals surface area contributed by atoms with E-state index in [2.05, 4.69) is 22.5 Å². The number of nitrogens with zero attached hydrogens (tertiary/aromatic N) is 1. The summed E-state index contributed by atoms with van der Waals surface area (Å²) >= 11 is 0. The Bertz CT molecular complexity index is 1080. The van der Waals surface area contributed by atoms with Crippen molar-refractivity contribution in [3.05, 3.63) is 34.9 Å². The second kappa shape index (κ2) is 9.42. The highest BCUT2D eigenvalue weighted by molar-refractivity contribution is 6.23. The minimum Gasteiger partial charge on any atom is -0.465 e. The van der Waals surface area contributed by atoms with Crippen molar-refractivity contribution in [2.75, 3.05) is 13.2 Å². The smallest absolute Gasteiger partial charge is 0.404 e. The summed E-state index contributed by atoms with van der Waals surface area (Å²) < 4.78 is 5.73. The van der Waals surface area contributed by atoms with Gasteiger partial charge in [0.1, 0.15) is 12.6 Å². The van der Waals surface area contributed by atoms with Gasteiger partial charge in [0.25, 0.3) is 11.8 Å². The van der Waals surface area contributed by atoms with Gasteiger partial charge in [0, 0.05) is 18.5 Å². The van der Waals surface area contributed by atoms with Gasteiger partial charge in [0.2, 0.25) is 11.8 Å². The molecular formula is C23H25N3O7. The fraction of sp³-hybridized carbons (Fsp3) is 0.435. The molecule has 1 saturated heterocycles. The van der Waals surface area contributed by atoms with Crippen LogP contribution in [0.3, 0.4) is 0 Å². The Hall–Kier alpha value is -3.71. The molecule has 3 rings (SSSR count). The van der Waals surface area contributed by atoms with Crippen LogP contribution in [0.5, 0.6) is 0 Å². The van der Waals surface area contributed by atoms with Crippen LogP contribution in [-0.4, -0.2) is 65.0 Å². The molecule has 10 nitrogen and oxygen atoms in total. The summed E-state index contributed by atoms with van der Waals surface area (Å²) in [4.78, 5) is 60.7. The zero-order valence-corrected chi connectivity index (χ0v) is 18.6. The lowest BCUT2D eigenvalue weighted by Gasteiger charge is -2.29. The van der Waals surface area contributed by atoms with Crippen LogP contribution in [0.4, 0.5) is 4.79 Å². The van der Waals surface area contributed by atoms with Crippen molar-refractivity contribution in [2.24, 2.45) is 5.41 Å². The Labute approximate surface area is 190 Å². The third kappa shape index (κ3) is 5.38. The van der Waals surface area contributed by atoms with Crippen LogP contribution in [0.25, 0.3) is 0 Å². The van der Waals surface area contributed by atoms with E-state index in [4.69, 9.17) is 9.84 Å². The maximum Gasteiger partial charge on any atom is 0.404 e. The molecular weight excluding hydrogens is 430 g/mol. The third-order valence-electron chi connectivity index (χ3n) is 5.43. The molecule has 1 fully saturated rings. The summed E-state index contributed by atoms with van der Waals surface area (Å²) in [5.41, 5.74) is 0.499. The second-order valence-electron chi connectivity index (χ2n) is 8.86. The van der Waals surface area contributed by atoms with Crippen molar-refractivity contribution >= 4 is 29.7 Å². The van der Waals surface area contributed by atoms with Gasteiger partial charge in [-0.3, -0.25) is 29.4 Å². The topological polar surface area (TPSA) is 142 Å². The Morgan fingerprint density at radius 3 is 2.58 bits per heavy atom. The van der Waals surface area contributed by atoms with E-state index in [0.717, 1.165) is 4.90 Å². The minimum atomic E-state index is -1.14. The summed E-state index contributed by atoms with van der Waals surface area (Å²) in [6.45, 7) is 5.92. The summed E-state index contributed by atoms with van der Waals surface area (Å²) in [5.74, 6) is 3.44. The number of nitrogens with one attached hydrogen (secondary N) is 2. The zero-order valence-electron chi connectivity index (χ0n) is 18.6. The monoisotopic (exact) mass is 455 g/mol. The molecule has 5 amide bonds. The van der Waals surface area contributed by atoms with E-state index in [1.165, 1.54) is 12.1 Å². The number of carbonyl (C=O) groups is 5. The lowest BCUT2D eigenvalue weighted by molar-refractivity contribution is -0.136. The Morgan fingerprint density at radius 1 is 1.24 bits per heavy atom. The fourth-order valence-electron chi connectivity index (χ4n) is 3.62. The summed E-state index contributed by atoms with van der Waals surface area (Å²) in [6, 6.07) is 3.55. The first-order chi connectivity index (χ1) is 15.5. The predicted octanol–water partition coefficient (Wildman–Crippen LogP) is 1.14. The Balaban J connectivity index is 1.69. The molecule has 10 heteroatoms. The average molecular weight is 455 g/mol. The van der Waals surface area contributed by atoms with Crippen LogP contribution in [0.1, 0.15) is 59.9 Å². The maximum absolute atomic E-state index is 12.9. The molecule has 2 aliphatic rings. The molecule has 1 aromatic rings. The van der Waals surface area contributed by atoms with Gasteiger partial charge < -0.3 is 15.2 Å². The van der Waals surface area contributed by atoms with Crippen LogP contribution >= 0.6 is 0 Å². The summed E-state index contributed by atoms with van der Waals surface area (Å²) in [6.07, 6.45) is -1.39. The molecule has 174 valence electrons. The molecule has 0 aliphatic carbocycles. The van der Waals surface area contributed by atoms with E-state index in [1.54, 1.807) is 6.07 Å². The van der Waals surface area contributed by atoms with Gasteiger partial charge in [0.05, 0.1) is 17.2 Å². The molecule has 0 saturated carbocycles. The minimum absolute atomic E-state index is 0.0373. The first-order valence-corrected chi connectivity index (χ1v) is 10.4. The fourth-order valence-corrected chi connectivity index (χ4v) is 3.62. The Kier molecular flexibility index (Phi) is 6.84. The average Bonchev–Trinajstić information content (AvgIpc) is 2.96. The number of benzene rings is 1. The van der Waals surface area contributed by atoms with E-state index in [0.29, 0.717) is 5.56 Å². The molecule has 0 spiro atoms. The molecule has 2 heterocycles. The van der Waals surface area contributed by atoms with E-state index in [1.807, 2.05) is 20.8 Å². The number of carboxylic acid groups (broad SMARTS) is 1. The number of rotatable bonds is 5. The number of amides is 5. The SMILES string of the molecule is CC(C)(C)C(CNC(=O)O)OCC#Cc1ccc2c(c1)C(=O)N(C1CCC(=O)NC1=O)C2=O. The lowest BCUT2D eigenvalue weighted by Crippen LogP contribution is -2.54. The van der Waals surface area contributed by atoms with Crippen molar-refractivity contribution in [1.29, 1.82) is 0 Å². The third-order valence-corrected chi connectivity index (χ3v) is 5.43. The number of ether oxygens (including phenoxy) is 1. The Morgan fingerprint density at radius 2 is 1.94 bits per heavy atom. The molecule has 2 unspecified atom stereocenters. The molecule has 0 bridgehead atoms. The molecule has 2 aliphatic heterocycles. The largest absolute Gasteiger partial charge is 0.465 e. The van der Waals surface area contributed by atoms with Gasteiger partial charge in [0.15, 0.2) is 0 Å². The first-order valence-electron chi connectivity index (χ1n) is 10.4. The van der Waals surface area contributed by atoms with Gasteiger partial charge in [-0.25, -0.2) is 4.79 Å².